The lowest BCUT2D eigenvalue weighted by Gasteiger charge is -2.20. The van der Waals surface area contributed by atoms with Crippen LogP contribution < -0.4 is 5.73 Å². The predicted octanol–water partition coefficient (Wildman–Crippen LogP) is 3.59. The van der Waals surface area contributed by atoms with E-state index in [1.165, 1.54) is 0 Å². The first kappa shape index (κ1) is 15.3. The summed E-state index contributed by atoms with van der Waals surface area (Å²) in [5.41, 5.74) is 6.29. The van der Waals surface area contributed by atoms with E-state index < -0.39 is 0 Å². The minimum Gasteiger partial charge on any atom is -0.339 e. The molecule has 0 saturated heterocycles. The van der Waals surface area contributed by atoms with Crippen LogP contribution in [0.3, 0.4) is 0 Å². The minimum atomic E-state index is -0.296. The molecule has 0 radical (unpaired) electrons. The van der Waals surface area contributed by atoms with Crippen molar-refractivity contribution in [3.05, 3.63) is 45.5 Å². The number of benzene rings is 1. The highest BCUT2D eigenvalue weighted by atomic mass is 35.5. The van der Waals surface area contributed by atoms with Gasteiger partial charge in [0.1, 0.15) is 0 Å². The maximum absolute atomic E-state index is 6.14. The van der Waals surface area contributed by atoms with Crippen molar-refractivity contribution >= 4 is 23.2 Å². The van der Waals surface area contributed by atoms with Gasteiger partial charge in [-0.3, -0.25) is 0 Å². The Morgan fingerprint density at radius 1 is 1.30 bits per heavy atom. The molecule has 0 aliphatic rings. The van der Waals surface area contributed by atoms with E-state index in [0.717, 1.165) is 12.0 Å². The summed E-state index contributed by atoms with van der Waals surface area (Å²) in [4.78, 5) is 4.43. The lowest BCUT2D eigenvalue weighted by molar-refractivity contribution is 0.289. The fourth-order valence-corrected chi connectivity index (χ4v) is 2.34. The van der Waals surface area contributed by atoms with E-state index in [-0.39, 0.29) is 5.41 Å². The molecule has 1 atom stereocenters. The van der Waals surface area contributed by atoms with Crippen molar-refractivity contribution in [3.63, 3.8) is 0 Å². The van der Waals surface area contributed by atoms with E-state index in [9.17, 15) is 0 Å². The van der Waals surface area contributed by atoms with E-state index in [1.54, 1.807) is 18.2 Å². The molecule has 0 bridgehead atoms. The summed E-state index contributed by atoms with van der Waals surface area (Å²) in [6.45, 7) is 4.51. The molecular weight excluding hydrogens is 297 g/mol. The third-order valence-corrected chi connectivity index (χ3v) is 4.32. The molecule has 1 aromatic heterocycles. The monoisotopic (exact) mass is 313 g/mol. The lowest BCUT2D eigenvalue weighted by atomic mass is 9.88. The van der Waals surface area contributed by atoms with Crippen LogP contribution in [0.15, 0.2) is 22.7 Å². The van der Waals surface area contributed by atoms with Gasteiger partial charge in [0, 0.05) is 23.0 Å². The highest BCUT2D eigenvalue weighted by molar-refractivity contribution is 6.36. The quantitative estimate of drug-likeness (QED) is 0.916. The number of nitrogens with two attached hydrogens (primary N) is 1. The van der Waals surface area contributed by atoms with Crippen LogP contribution in [0.5, 0.6) is 0 Å². The minimum absolute atomic E-state index is 0.296. The van der Waals surface area contributed by atoms with Crippen LogP contribution in [0.2, 0.25) is 10.0 Å². The zero-order chi connectivity index (χ0) is 14.8. The molecule has 4 nitrogen and oxygen atoms in total. The number of nitrogens with zero attached hydrogens (tertiary/aromatic N) is 2. The summed E-state index contributed by atoms with van der Waals surface area (Å²) in [7, 11) is 0. The third kappa shape index (κ3) is 2.97. The molecule has 2 rings (SSSR count). The van der Waals surface area contributed by atoms with Crippen LogP contribution in [-0.2, 0) is 11.8 Å². The third-order valence-electron chi connectivity index (χ3n) is 3.61. The van der Waals surface area contributed by atoms with Gasteiger partial charge in [0.2, 0.25) is 5.89 Å². The Morgan fingerprint density at radius 3 is 2.50 bits per heavy atom. The van der Waals surface area contributed by atoms with E-state index in [0.29, 0.717) is 34.7 Å². The maximum Gasteiger partial charge on any atom is 0.233 e. The Morgan fingerprint density at radius 2 is 1.95 bits per heavy atom. The Kier molecular flexibility index (Phi) is 4.68. The van der Waals surface area contributed by atoms with Crippen molar-refractivity contribution in [2.75, 3.05) is 6.54 Å². The summed E-state index contributed by atoms with van der Waals surface area (Å²) >= 11 is 12.3. The molecule has 0 fully saturated rings. The molecule has 2 N–H and O–H groups in total. The van der Waals surface area contributed by atoms with Gasteiger partial charge in [-0.1, -0.05) is 41.3 Å². The van der Waals surface area contributed by atoms with Crippen molar-refractivity contribution in [3.8, 4) is 0 Å². The van der Waals surface area contributed by atoms with Crippen LogP contribution >= 0.6 is 23.2 Å². The van der Waals surface area contributed by atoms with Gasteiger partial charge >= 0.3 is 0 Å². The molecule has 20 heavy (non-hydrogen) atoms. The first-order valence-corrected chi connectivity index (χ1v) is 7.21. The molecule has 1 heterocycles. The molecule has 0 spiro atoms. The largest absolute Gasteiger partial charge is 0.339 e. The molecule has 108 valence electrons. The summed E-state index contributed by atoms with van der Waals surface area (Å²) in [6, 6.07) is 5.39. The fraction of sp³-hybridized carbons (Fsp3) is 0.429. The predicted molar refractivity (Wildman–Crippen MR) is 80.3 cm³/mol. The van der Waals surface area contributed by atoms with Gasteiger partial charge in [-0.25, -0.2) is 0 Å². The molecule has 0 aliphatic carbocycles. The second-order valence-electron chi connectivity index (χ2n) is 5.01. The molecule has 1 aromatic carbocycles. The molecule has 0 saturated carbocycles. The Bertz CT molecular complexity index is 574. The number of hydrogen-bond donors (Lipinski definition) is 1. The van der Waals surface area contributed by atoms with Crippen LogP contribution in [0.4, 0.5) is 0 Å². The van der Waals surface area contributed by atoms with Crippen molar-refractivity contribution < 1.29 is 4.52 Å². The summed E-state index contributed by atoms with van der Waals surface area (Å²) < 4.78 is 5.34. The standard InChI is InChI=1S/C14H17Cl2N3O/c1-3-14(2,8-17)13-18-12(19-20-13)7-9-10(15)5-4-6-11(9)16/h4-6H,3,7-8,17H2,1-2H3. The molecule has 0 amide bonds. The number of halogens is 2. The Labute approximate surface area is 128 Å². The van der Waals surface area contributed by atoms with Gasteiger partial charge in [-0.2, -0.15) is 4.98 Å². The molecule has 2 aromatic rings. The number of aromatic nitrogens is 2. The summed E-state index contributed by atoms with van der Waals surface area (Å²) in [5, 5.41) is 5.19. The van der Waals surface area contributed by atoms with Gasteiger partial charge in [-0.05, 0) is 31.0 Å². The highest BCUT2D eigenvalue weighted by Gasteiger charge is 2.29. The molecule has 0 aliphatic heterocycles. The van der Waals surface area contributed by atoms with Crippen LogP contribution in [-0.4, -0.2) is 16.7 Å². The average Bonchev–Trinajstić information content (AvgIpc) is 2.91. The fourth-order valence-electron chi connectivity index (χ4n) is 1.81. The van der Waals surface area contributed by atoms with Crippen LogP contribution in [0, 0.1) is 0 Å². The smallest absolute Gasteiger partial charge is 0.233 e. The number of rotatable bonds is 5. The molecular formula is C14H17Cl2N3O. The Balaban J connectivity index is 2.26. The maximum atomic E-state index is 6.14. The van der Waals surface area contributed by atoms with Crippen LogP contribution in [0.25, 0.3) is 0 Å². The van der Waals surface area contributed by atoms with Crippen molar-refractivity contribution in [1.29, 1.82) is 0 Å². The van der Waals surface area contributed by atoms with E-state index in [1.807, 2.05) is 13.8 Å². The Hall–Kier alpha value is -1.10. The van der Waals surface area contributed by atoms with Crippen molar-refractivity contribution in [2.24, 2.45) is 5.73 Å². The van der Waals surface area contributed by atoms with Crippen molar-refractivity contribution in [1.82, 2.24) is 10.1 Å². The summed E-state index contributed by atoms with van der Waals surface area (Å²) in [5.74, 6) is 1.11. The van der Waals surface area contributed by atoms with Gasteiger partial charge < -0.3 is 10.3 Å². The highest BCUT2D eigenvalue weighted by Crippen LogP contribution is 2.28. The summed E-state index contributed by atoms with van der Waals surface area (Å²) in [6.07, 6.45) is 1.27. The van der Waals surface area contributed by atoms with E-state index >= 15 is 0 Å². The van der Waals surface area contributed by atoms with Gasteiger partial charge in [-0.15, -0.1) is 0 Å². The zero-order valence-corrected chi connectivity index (χ0v) is 13.0. The van der Waals surface area contributed by atoms with Gasteiger partial charge in [0.05, 0.1) is 5.41 Å². The average molecular weight is 314 g/mol. The zero-order valence-electron chi connectivity index (χ0n) is 11.5. The topological polar surface area (TPSA) is 64.9 Å². The molecule has 6 heteroatoms. The first-order chi connectivity index (χ1) is 9.50. The van der Waals surface area contributed by atoms with Gasteiger partial charge in [0.15, 0.2) is 5.82 Å². The van der Waals surface area contributed by atoms with Gasteiger partial charge in [0.25, 0.3) is 0 Å². The van der Waals surface area contributed by atoms with Crippen molar-refractivity contribution in [2.45, 2.75) is 32.1 Å². The first-order valence-electron chi connectivity index (χ1n) is 6.46. The SMILES string of the molecule is CCC(C)(CN)c1nc(Cc2c(Cl)cccc2Cl)no1. The normalized spacial score (nSPS) is 14.2. The lowest BCUT2D eigenvalue weighted by Crippen LogP contribution is -2.31. The van der Waals surface area contributed by atoms with E-state index in [2.05, 4.69) is 10.1 Å². The van der Waals surface area contributed by atoms with Crippen LogP contribution in [0.1, 0.15) is 37.5 Å². The second kappa shape index (κ2) is 6.12. The molecule has 1 unspecified atom stereocenters. The second-order valence-corrected chi connectivity index (χ2v) is 5.83. The number of hydrogen-bond acceptors (Lipinski definition) is 4. The van der Waals surface area contributed by atoms with E-state index in [4.69, 9.17) is 33.5 Å².